The highest BCUT2D eigenvalue weighted by molar-refractivity contribution is 5.98. The highest BCUT2D eigenvalue weighted by Crippen LogP contribution is 2.15. The topological polar surface area (TPSA) is 34.9 Å². The van der Waals surface area contributed by atoms with Crippen molar-refractivity contribution in [2.24, 2.45) is 0 Å². The molecule has 0 aliphatic carbocycles. The molecule has 3 nitrogen and oxygen atoms in total. The van der Waals surface area contributed by atoms with Gasteiger partial charge in [-0.05, 0) is 31.0 Å². The molecule has 0 saturated heterocycles. The Labute approximate surface area is 101 Å². The zero-order valence-electron chi connectivity index (χ0n) is 10.2. The average molecular weight is 228 g/mol. The smallest absolute Gasteiger partial charge is 0.165 e. The van der Waals surface area contributed by atoms with Gasteiger partial charge in [-0.1, -0.05) is 18.2 Å². The second-order valence-electron chi connectivity index (χ2n) is 4.21. The zero-order valence-corrected chi connectivity index (χ0v) is 10.2. The Kier molecular flexibility index (Phi) is 3.38. The monoisotopic (exact) mass is 228 g/mol. The fraction of sp³-hybridized carbons (Fsp3) is 0.286. The summed E-state index contributed by atoms with van der Waals surface area (Å²) in [6, 6.07) is 7.81. The van der Waals surface area contributed by atoms with E-state index < -0.39 is 0 Å². The predicted molar refractivity (Wildman–Crippen MR) is 67.1 cm³/mol. The number of ketones is 1. The molecular formula is C14H16N2O. The Morgan fingerprint density at radius 2 is 1.94 bits per heavy atom. The van der Waals surface area contributed by atoms with Gasteiger partial charge in [-0.3, -0.25) is 9.48 Å². The van der Waals surface area contributed by atoms with Crippen molar-refractivity contribution in [1.29, 1.82) is 0 Å². The normalized spacial score (nSPS) is 10.5. The number of hydrogen-bond acceptors (Lipinski definition) is 2. The first-order valence-corrected chi connectivity index (χ1v) is 5.75. The van der Waals surface area contributed by atoms with Crippen molar-refractivity contribution >= 4 is 5.78 Å². The Hall–Kier alpha value is -1.90. The van der Waals surface area contributed by atoms with Crippen molar-refractivity contribution in [2.75, 3.05) is 0 Å². The van der Waals surface area contributed by atoms with E-state index in [-0.39, 0.29) is 5.78 Å². The van der Waals surface area contributed by atoms with Crippen LogP contribution in [0, 0.1) is 13.8 Å². The summed E-state index contributed by atoms with van der Waals surface area (Å²) in [4.78, 5) is 12.1. The third-order valence-corrected chi connectivity index (χ3v) is 2.89. The van der Waals surface area contributed by atoms with Crippen LogP contribution in [0.2, 0.25) is 0 Å². The molecule has 0 aliphatic heterocycles. The summed E-state index contributed by atoms with van der Waals surface area (Å²) in [5.41, 5.74) is 2.96. The fourth-order valence-electron chi connectivity index (χ4n) is 2.03. The van der Waals surface area contributed by atoms with Gasteiger partial charge in [0, 0.05) is 30.9 Å². The van der Waals surface area contributed by atoms with E-state index in [1.807, 2.05) is 44.3 Å². The summed E-state index contributed by atoms with van der Waals surface area (Å²) in [5, 5.41) is 4.09. The van der Waals surface area contributed by atoms with Crippen LogP contribution in [0.1, 0.15) is 27.9 Å². The average Bonchev–Trinajstić information content (AvgIpc) is 2.79. The largest absolute Gasteiger partial charge is 0.294 e. The van der Waals surface area contributed by atoms with Gasteiger partial charge < -0.3 is 0 Å². The number of rotatable bonds is 4. The minimum absolute atomic E-state index is 0.191. The maximum Gasteiger partial charge on any atom is 0.165 e. The van der Waals surface area contributed by atoms with Crippen molar-refractivity contribution in [3.05, 3.63) is 53.3 Å². The van der Waals surface area contributed by atoms with Crippen molar-refractivity contribution in [3.8, 4) is 0 Å². The van der Waals surface area contributed by atoms with Gasteiger partial charge in [-0.15, -0.1) is 0 Å². The molecule has 88 valence electrons. The van der Waals surface area contributed by atoms with Crippen LogP contribution in [0.15, 0.2) is 36.7 Å². The molecule has 17 heavy (non-hydrogen) atoms. The quantitative estimate of drug-likeness (QED) is 0.754. The summed E-state index contributed by atoms with van der Waals surface area (Å²) in [7, 11) is 0. The van der Waals surface area contributed by atoms with Crippen LogP contribution in [0.4, 0.5) is 0 Å². The summed E-state index contributed by atoms with van der Waals surface area (Å²) < 4.78 is 1.78. The molecule has 0 N–H and O–H groups in total. The summed E-state index contributed by atoms with van der Waals surface area (Å²) >= 11 is 0. The Bertz CT molecular complexity index is 495. The molecule has 0 amide bonds. The number of Topliss-reactive ketones (excluding diaryl/α,β-unsaturated/α-hetero) is 1. The van der Waals surface area contributed by atoms with Gasteiger partial charge in [0.25, 0.3) is 0 Å². The van der Waals surface area contributed by atoms with Crippen molar-refractivity contribution < 1.29 is 4.79 Å². The molecule has 0 radical (unpaired) electrons. The summed E-state index contributed by atoms with van der Waals surface area (Å²) in [6.45, 7) is 4.60. The molecular weight excluding hydrogens is 212 g/mol. The second-order valence-corrected chi connectivity index (χ2v) is 4.21. The van der Waals surface area contributed by atoms with Gasteiger partial charge >= 0.3 is 0 Å². The maximum atomic E-state index is 12.1. The Morgan fingerprint density at radius 1 is 1.24 bits per heavy atom. The third kappa shape index (κ3) is 2.61. The number of nitrogens with zero attached hydrogens (tertiary/aromatic N) is 2. The van der Waals surface area contributed by atoms with Crippen molar-refractivity contribution in [1.82, 2.24) is 9.78 Å². The molecule has 2 rings (SSSR count). The van der Waals surface area contributed by atoms with E-state index in [0.29, 0.717) is 13.0 Å². The van der Waals surface area contributed by atoms with E-state index in [1.54, 1.807) is 10.9 Å². The first-order chi connectivity index (χ1) is 8.18. The summed E-state index contributed by atoms with van der Waals surface area (Å²) in [5.74, 6) is 0.191. The molecule has 0 atom stereocenters. The number of carbonyl (C=O) groups excluding carboxylic acids is 1. The summed E-state index contributed by atoms with van der Waals surface area (Å²) in [6.07, 6.45) is 4.09. The van der Waals surface area contributed by atoms with Crippen LogP contribution in [-0.4, -0.2) is 15.6 Å². The molecule has 2 aromatic rings. The molecule has 1 aromatic heterocycles. The standard InChI is InChI=1S/C14H16N2O/c1-11-5-3-6-12(2)14(11)13(17)7-10-16-9-4-8-15-16/h3-6,8-9H,7,10H2,1-2H3. The number of carbonyl (C=O) groups is 1. The van der Waals surface area contributed by atoms with Gasteiger partial charge in [0.15, 0.2) is 5.78 Å². The van der Waals surface area contributed by atoms with Crippen LogP contribution in [0.3, 0.4) is 0 Å². The first kappa shape index (κ1) is 11.6. The van der Waals surface area contributed by atoms with Gasteiger partial charge in [-0.2, -0.15) is 5.10 Å². The molecule has 1 heterocycles. The minimum atomic E-state index is 0.191. The molecule has 0 unspecified atom stereocenters. The molecule has 3 heteroatoms. The van der Waals surface area contributed by atoms with Gasteiger partial charge in [-0.25, -0.2) is 0 Å². The lowest BCUT2D eigenvalue weighted by atomic mass is 9.97. The van der Waals surface area contributed by atoms with E-state index >= 15 is 0 Å². The lowest BCUT2D eigenvalue weighted by Gasteiger charge is -2.08. The molecule has 0 spiro atoms. The molecule has 0 saturated carbocycles. The maximum absolute atomic E-state index is 12.1. The molecule has 1 aromatic carbocycles. The molecule has 0 bridgehead atoms. The van der Waals surface area contributed by atoms with E-state index in [4.69, 9.17) is 0 Å². The Morgan fingerprint density at radius 3 is 2.53 bits per heavy atom. The van der Waals surface area contributed by atoms with Crippen molar-refractivity contribution in [2.45, 2.75) is 26.8 Å². The fourth-order valence-corrected chi connectivity index (χ4v) is 2.03. The highest BCUT2D eigenvalue weighted by Gasteiger charge is 2.11. The van der Waals surface area contributed by atoms with Crippen molar-refractivity contribution in [3.63, 3.8) is 0 Å². The SMILES string of the molecule is Cc1cccc(C)c1C(=O)CCn1cccn1. The lowest BCUT2D eigenvalue weighted by Crippen LogP contribution is -2.09. The predicted octanol–water partition coefficient (Wildman–Crippen LogP) is 2.77. The van der Waals surface area contributed by atoms with Crippen LogP contribution in [0.5, 0.6) is 0 Å². The molecule has 0 aliphatic rings. The van der Waals surface area contributed by atoms with E-state index in [9.17, 15) is 4.79 Å². The van der Waals surface area contributed by atoms with Crippen LogP contribution in [-0.2, 0) is 6.54 Å². The van der Waals surface area contributed by atoms with E-state index in [1.165, 1.54) is 0 Å². The van der Waals surface area contributed by atoms with E-state index in [2.05, 4.69) is 5.10 Å². The number of benzene rings is 1. The molecule has 0 fully saturated rings. The number of hydrogen-bond donors (Lipinski definition) is 0. The second kappa shape index (κ2) is 4.95. The Balaban J connectivity index is 2.10. The van der Waals surface area contributed by atoms with Gasteiger partial charge in [0.05, 0.1) is 0 Å². The lowest BCUT2D eigenvalue weighted by molar-refractivity contribution is 0.0974. The van der Waals surface area contributed by atoms with Crippen LogP contribution >= 0.6 is 0 Å². The first-order valence-electron chi connectivity index (χ1n) is 5.75. The van der Waals surface area contributed by atoms with Gasteiger partial charge in [0.1, 0.15) is 0 Å². The number of aryl methyl sites for hydroxylation is 3. The van der Waals surface area contributed by atoms with Gasteiger partial charge in [0.2, 0.25) is 0 Å². The highest BCUT2D eigenvalue weighted by atomic mass is 16.1. The number of aromatic nitrogens is 2. The minimum Gasteiger partial charge on any atom is -0.294 e. The zero-order chi connectivity index (χ0) is 12.3. The third-order valence-electron chi connectivity index (χ3n) is 2.89. The van der Waals surface area contributed by atoms with Crippen LogP contribution in [0.25, 0.3) is 0 Å². The van der Waals surface area contributed by atoms with Crippen LogP contribution < -0.4 is 0 Å². The van der Waals surface area contributed by atoms with E-state index in [0.717, 1.165) is 16.7 Å².